The van der Waals surface area contributed by atoms with Crippen LogP contribution < -0.4 is 5.73 Å². The summed E-state index contributed by atoms with van der Waals surface area (Å²) in [7, 11) is 0. The fraction of sp³-hybridized carbons (Fsp3) is 0.400. The van der Waals surface area contributed by atoms with Crippen molar-refractivity contribution in [3.8, 4) is 0 Å². The molecule has 0 spiro atoms. The first kappa shape index (κ1) is 12.3. The second kappa shape index (κ2) is 6.64. The van der Waals surface area contributed by atoms with Gasteiger partial charge in [-0.25, -0.2) is 0 Å². The van der Waals surface area contributed by atoms with Gasteiger partial charge < -0.3 is 5.73 Å². The van der Waals surface area contributed by atoms with Gasteiger partial charge in [0.1, 0.15) is 0 Å². The minimum Gasteiger partial charge on any atom is -0.399 e. The molecule has 0 saturated heterocycles. The Bertz CT molecular complexity index is 291. The van der Waals surface area contributed by atoms with Crippen molar-refractivity contribution in [1.29, 1.82) is 0 Å². The molecular formula is C10H14BrNS2. The topological polar surface area (TPSA) is 26.0 Å². The number of benzene rings is 1. The maximum absolute atomic E-state index is 5.66. The predicted molar refractivity (Wildman–Crippen MR) is 72.3 cm³/mol. The van der Waals surface area contributed by atoms with Crippen LogP contribution in [0.15, 0.2) is 27.6 Å². The average Bonchev–Trinajstić information content (AvgIpc) is 2.15. The van der Waals surface area contributed by atoms with Crippen LogP contribution in [-0.2, 0) is 0 Å². The standard InChI is InChI=1S/C10H14BrNS2/c1-13-5-2-6-14-10-4-3-8(12)7-9(10)11/h3-4,7H,2,5-6,12H2,1H3. The number of hydrogen-bond donors (Lipinski definition) is 1. The van der Waals surface area contributed by atoms with Gasteiger partial charge in [0, 0.05) is 15.1 Å². The Morgan fingerprint density at radius 2 is 2.14 bits per heavy atom. The SMILES string of the molecule is CSCCCSc1ccc(N)cc1Br. The first-order valence-electron chi connectivity index (χ1n) is 4.41. The van der Waals surface area contributed by atoms with Crippen molar-refractivity contribution in [3.63, 3.8) is 0 Å². The minimum absolute atomic E-state index is 0.810. The smallest absolute Gasteiger partial charge is 0.0331 e. The van der Waals surface area contributed by atoms with Crippen LogP contribution in [0.3, 0.4) is 0 Å². The summed E-state index contributed by atoms with van der Waals surface area (Å²) in [6.07, 6.45) is 3.40. The Labute approximate surface area is 102 Å². The van der Waals surface area contributed by atoms with E-state index in [-0.39, 0.29) is 0 Å². The lowest BCUT2D eigenvalue weighted by Gasteiger charge is -2.04. The Kier molecular flexibility index (Phi) is 5.82. The van der Waals surface area contributed by atoms with Crippen LogP contribution in [0.25, 0.3) is 0 Å². The number of thioether (sulfide) groups is 2. The summed E-state index contributed by atoms with van der Waals surface area (Å²) in [4.78, 5) is 1.28. The molecule has 2 N–H and O–H groups in total. The third kappa shape index (κ3) is 4.15. The number of anilines is 1. The first-order chi connectivity index (χ1) is 6.74. The average molecular weight is 292 g/mol. The molecule has 1 aromatic carbocycles. The quantitative estimate of drug-likeness (QED) is 0.507. The van der Waals surface area contributed by atoms with E-state index >= 15 is 0 Å². The maximum Gasteiger partial charge on any atom is 0.0331 e. The summed E-state index contributed by atoms with van der Waals surface area (Å²) in [5, 5.41) is 0. The van der Waals surface area contributed by atoms with Crippen molar-refractivity contribution in [2.45, 2.75) is 11.3 Å². The fourth-order valence-corrected chi connectivity index (χ4v) is 3.24. The third-order valence-electron chi connectivity index (χ3n) is 1.71. The van der Waals surface area contributed by atoms with Crippen molar-refractivity contribution in [2.75, 3.05) is 23.5 Å². The van der Waals surface area contributed by atoms with Crippen LogP contribution in [0.2, 0.25) is 0 Å². The lowest BCUT2D eigenvalue weighted by atomic mass is 10.3. The molecule has 0 aromatic heterocycles. The number of hydrogen-bond acceptors (Lipinski definition) is 3. The molecule has 0 atom stereocenters. The van der Waals surface area contributed by atoms with E-state index < -0.39 is 0 Å². The maximum atomic E-state index is 5.66. The van der Waals surface area contributed by atoms with Crippen molar-refractivity contribution in [2.24, 2.45) is 0 Å². The van der Waals surface area contributed by atoms with Crippen molar-refractivity contribution in [1.82, 2.24) is 0 Å². The van der Waals surface area contributed by atoms with E-state index in [4.69, 9.17) is 5.73 Å². The number of rotatable bonds is 5. The highest BCUT2D eigenvalue weighted by Crippen LogP contribution is 2.29. The highest BCUT2D eigenvalue weighted by Gasteiger charge is 2.00. The van der Waals surface area contributed by atoms with Gasteiger partial charge in [0.15, 0.2) is 0 Å². The van der Waals surface area contributed by atoms with E-state index in [2.05, 4.69) is 28.3 Å². The fourth-order valence-electron chi connectivity index (χ4n) is 1.02. The molecule has 0 heterocycles. The molecule has 0 aliphatic rings. The molecule has 14 heavy (non-hydrogen) atoms. The zero-order valence-corrected chi connectivity index (χ0v) is 11.3. The Balaban J connectivity index is 2.42. The lowest BCUT2D eigenvalue weighted by molar-refractivity contribution is 1.12. The van der Waals surface area contributed by atoms with Gasteiger partial charge in [0.2, 0.25) is 0 Å². The van der Waals surface area contributed by atoms with Crippen LogP contribution in [0.5, 0.6) is 0 Å². The molecule has 0 aliphatic heterocycles. The van der Waals surface area contributed by atoms with Gasteiger partial charge in [0.25, 0.3) is 0 Å². The van der Waals surface area contributed by atoms with Gasteiger partial charge in [-0.3, -0.25) is 0 Å². The Morgan fingerprint density at radius 1 is 1.36 bits per heavy atom. The molecule has 78 valence electrons. The summed E-state index contributed by atoms with van der Waals surface area (Å²) in [6.45, 7) is 0. The van der Waals surface area contributed by atoms with Gasteiger partial charge >= 0.3 is 0 Å². The Hall–Kier alpha value is 0.200. The van der Waals surface area contributed by atoms with Gasteiger partial charge in [-0.05, 0) is 58.3 Å². The summed E-state index contributed by atoms with van der Waals surface area (Å²) in [6, 6.07) is 5.97. The number of nitrogens with two attached hydrogens (primary N) is 1. The van der Waals surface area contributed by atoms with E-state index in [0.717, 1.165) is 10.2 Å². The van der Waals surface area contributed by atoms with E-state index in [9.17, 15) is 0 Å². The van der Waals surface area contributed by atoms with Crippen molar-refractivity contribution < 1.29 is 0 Å². The van der Waals surface area contributed by atoms with E-state index in [1.807, 2.05) is 35.7 Å². The number of nitrogen functional groups attached to an aromatic ring is 1. The van der Waals surface area contributed by atoms with Crippen LogP contribution in [0.4, 0.5) is 5.69 Å². The molecule has 0 fully saturated rings. The molecule has 0 radical (unpaired) electrons. The molecule has 1 rings (SSSR count). The van der Waals surface area contributed by atoms with E-state index in [0.29, 0.717) is 0 Å². The lowest BCUT2D eigenvalue weighted by Crippen LogP contribution is -1.87. The van der Waals surface area contributed by atoms with Gasteiger partial charge in [-0.2, -0.15) is 11.8 Å². The molecule has 0 bridgehead atoms. The monoisotopic (exact) mass is 291 g/mol. The largest absolute Gasteiger partial charge is 0.399 e. The molecule has 1 aromatic rings. The molecule has 0 unspecified atom stereocenters. The van der Waals surface area contributed by atoms with Crippen LogP contribution in [0, 0.1) is 0 Å². The highest BCUT2D eigenvalue weighted by atomic mass is 79.9. The zero-order valence-electron chi connectivity index (χ0n) is 8.13. The summed E-state index contributed by atoms with van der Waals surface area (Å²) < 4.78 is 1.10. The first-order valence-corrected chi connectivity index (χ1v) is 7.58. The summed E-state index contributed by atoms with van der Waals surface area (Å²) in [5.41, 5.74) is 6.47. The minimum atomic E-state index is 0.810. The van der Waals surface area contributed by atoms with Crippen molar-refractivity contribution >= 4 is 45.1 Å². The van der Waals surface area contributed by atoms with Crippen molar-refractivity contribution in [3.05, 3.63) is 22.7 Å². The molecule has 0 amide bonds. The second-order valence-electron chi connectivity index (χ2n) is 2.88. The highest BCUT2D eigenvalue weighted by molar-refractivity contribution is 9.10. The normalized spacial score (nSPS) is 10.4. The molecule has 4 heteroatoms. The molecule has 0 saturated carbocycles. The van der Waals surface area contributed by atoms with Gasteiger partial charge in [-0.15, -0.1) is 11.8 Å². The summed E-state index contributed by atoms with van der Waals surface area (Å²) >= 11 is 7.29. The second-order valence-corrected chi connectivity index (χ2v) is 5.86. The molecule has 0 aliphatic carbocycles. The van der Waals surface area contributed by atoms with Gasteiger partial charge in [-0.1, -0.05) is 0 Å². The summed E-state index contributed by atoms with van der Waals surface area (Å²) in [5.74, 6) is 2.41. The van der Waals surface area contributed by atoms with E-state index in [1.165, 1.54) is 22.8 Å². The zero-order chi connectivity index (χ0) is 10.4. The van der Waals surface area contributed by atoms with Crippen LogP contribution in [0.1, 0.15) is 6.42 Å². The van der Waals surface area contributed by atoms with Crippen LogP contribution in [-0.4, -0.2) is 17.8 Å². The number of halogens is 1. The van der Waals surface area contributed by atoms with E-state index in [1.54, 1.807) is 0 Å². The van der Waals surface area contributed by atoms with Gasteiger partial charge in [0.05, 0.1) is 0 Å². The third-order valence-corrected chi connectivity index (χ3v) is 4.48. The van der Waals surface area contributed by atoms with Crippen LogP contribution >= 0.6 is 39.5 Å². The predicted octanol–water partition coefficient (Wildman–Crippen LogP) is 3.88. The molecule has 1 nitrogen and oxygen atoms in total. The Morgan fingerprint density at radius 3 is 2.79 bits per heavy atom. The molecular weight excluding hydrogens is 278 g/mol.